The number of benzene rings is 1. The SMILES string of the molecule is CCNC(=O)N1CCN(C(=O)Cc2ccccc2F)CC1. The molecule has 0 aliphatic carbocycles. The molecular formula is C15H20FN3O2. The number of rotatable bonds is 3. The van der Waals surface area contributed by atoms with Crippen LogP contribution in [0.15, 0.2) is 24.3 Å². The van der Waals surface area contributed by atoms with Gasteiger partial charge in [0.05, 0.1) is 6.42 Å². The smallest absolute Gasteiger partial charge is 0.317 e. The van der Waals surface area contributed by atoms with Gasteiger partial charge in [-0.25, -0.2) is 9.18 Å². The minimum atomic E-state index is -0.355. The van der Waals surface area contributed by atoms with Gasteiger partial charge < -0.3 is 15.1 Å². The zero-order chi connectivity index (χ0) is 15.2. The lowest BCUT2D eigenvalue weighted by Crippen LogP contribution is -2.53. The summed E-state index contributed by atoms with van der Waals surface area (Å²) in [7, 11) is 0. The lowest BCUT2D eigenvalue weighted by molar-refractivity contribution is -0.131. The van der Waals surface area contributed by atoms with Gasteiger partial charge in [-0.3, -0.25) is 4.79 Å². The summed E-state index contributed by atoms with van der Waals surface area (Å²) < 4.78 is 13.5. The third kappa shape index (κ3) is 3.93. The second-order valence-corrected chi connectivity index (χ2v) is 4.97. The molecule has 5 nitrogen and oxygen atoms in total. The van der Waals surface area contributed by atoms with E-state index in [1.807, 2.05) is 6.92 Å². The van der Waals surface area contributed by atoms with Gasteiger partial charge in [0, 0.05) is 32.7 Å². The van der Waals surface area contributed by atoms with Crippen molar-refractivity contribution in [3.8, 4) is 0 Å². The van der Waals surface area contributed by atoms with Crippen LogP contribution in [0.4, 0.5) is 9.18 Å². The number of halogens is 1. The molecule has 21 heavy (non-hydrogen) atoms. The van der Waals surface area contributed by atoms with Crippen molar-refractivity contribution in [1.82, 2.24) is 15.1 Å². The Hall–Kier alpha value is -2.11. The van der Waals surface area contributed by atoms with E-state index < -0.39 is 0 Å². The van der Waals surface area contributed by atoms with Crippen LogP contribution in [0.1, 0.15) is 12.5 Å². The molecule has 0 atom stereocenters. The molecule has 0 radical (unpaired) electrons. The Labute approximate surface area is 123 Å². The summed E-state index contributed by atoms with van der Waals surface area (Å²) >= 11 is 0. The molecular weight excluding hydrogens is 273 g/mol. The standard InChI is InChI=1S/C15H20FN3O2/c1-2-17-15(21)19-9-7-18(8-10-19)14(20)11-12-5-3-4-6-13(12)16/h3-6H,2,7-11H2,1H3,(H,17,21). The maximum absolute atomic E-state index is 13.5. The number of piperazine rings is 1. The fourth-order valence-electron chi connectivity index (χ4n) is 2.34. The molecule has 1 aliphatic rings. The number of carbonyl (C=O) groups is 2. The van der Waals surface area contributed by atoms with Crippen molar-refractivity contribution in [3.63, 3.8) is 0 Å². The van der Waals surface area contributed by atoms with E-state index in [2.05, 4.69) is 5.32 Å². The Balaban J connectivity index is 1.86. The zero-order valence-electron chi connectivity index (χ0n) is 12.1. The predicted octanol–water partition coefficient (Wildman–Crippen LogP) is 1.24. The minimum absolute atomic E-state index is 0.0633. The van der Waals surface area contributed by atoms with Crippen LogP contribution in [-0.4, -0.2) is 54.5 Å². The van der Waals surface area contributed by atoms with Crippen molar-refractivity contribution in [1.29, 1.82) is 0 Å². The van der Waals surface area contributed by atoms with Gasteiger partial charge in [-0.2, -0.15) is 0 Å². The summed E-state index contributed by atoms with van der Waals surface area (Å²) in [4.78, 5) is 27.2. The highest BCUT2D eigenvalue weighted by Gasteiger charge is 2.24. The largest absolute Gasteiger partial charge is 0.339 e. The molecule has 6 heteroatoms. The third-order valence-electron chi connectivity index (χ3n) is 3.55. The molecule has 0 bridgehead atoms. The first-order valence-corrected chi connectivity index (χ1v) is 7.15. The Morgan fingerprint density at radius 2 is 1.76 bits per heavy atom. The average molecular weight is 293 g/mol. The molecule has 0 aromatic heterocycles. The van der Waals surface area contributed by atoms with E-state index in [0.29, 0.717) is 38.3 Å². The molecule has 0 spiro atoms. The van der Waals surface area contributed by atoms with Crippen molar-refractivity contribution in [3.05, 3.63) is 35.6 Å². The van der Waals surface area contributed by atoms with Gasteiger partial charge in [0.2, 0.25) is 5.91 Å². The first-order valence-electron chi connectivity index (χ1n) is 7.15. The van der Waals surface area contributed by atoms with Gasteiger partial charge in [-0.05, 0) is 18.6 Å². The maximum Gasteiger partial charge on any atom is 0.317 e. The molecule has 3 amide bonds. The molecule has 1 heterocycles. The van der Waals surface area contributed by atoms with Gasteiger partial charge in [-0.15, -0.1) is 0 Å². The van der Waals surface area contributed by atoms with Crippen LogP contribution >= 0.6 is 0 Å². The minimum Gasteiger partial charge on any atom is -0.339 e. The van der Waals surface area contributed by atoms with Gasteiger partial charge in [-0.1, -0.05) is 18.2 Å². The van der Waals surface area contributed by atoms with Gasteiger partial charge >= 0.3 is 6.03 Å². The molecule has 1 aromatic rings. The summed E-state index contributed by atoms with van der Waals surface area (Å²) in [5.74, 6) is -0.456. The second kappa shape index (κ2) is 7.06. The van der Waals surface area contributed by atoms with Crippen molar-refractivity contribution < 1.29 is 14.0 Å². The number of hydrogen-bond acceptors (Lipinski definition) is 2. The van der Waals surface area contributed by atoms with Crippen molar-refractivity contribution >= 4 is 11.9 Å². The maximum atomic E-state index is 13.5. The molecule has 0 saturated carbocycles. The monoisotopic (exact) mass is 293 g/mol. The highest BCUT2D eigenvalue weighted by molar-refractivity contribution is 5.79. The number of urea groups is 1. The fraction of sp³-hybridized carbons (Fsp3) is 0.467. The van der Waals surface area contributed by atoms with Crippen LogP contribution in [0.25, 0.3) is 0 Å². The predicted molar refractivity (Wildman–Crippen MR) is 77.3 cm³/mol. The summed E-state index contributed by atoms with van der Waals surface area (Å²) in [6, 6.07) is 6.21. The highest BCUT2D eigenvalue weighted by Crippen LogP contribution is 2.10. The van der Waals surface area contributed by atoms with Gasteiger partial charge in [0.25, 0.3) is 0 Å². The number of carbonyl (C=O) groups excluding carboxylic acids is 2. The van der Waals surface area contributed by atoms with Crippen LogP contribution < -0.4 is 5.32 Å². The van der Waals surface area contributed by atoms with E-state index in [0.717, 1.165) is 0 Å². The van der Waals surface area contributed by atoms with Crippen LogP contribution in [0.2, 0.25) is 0 Å². The van der Waals surface area contributed by atoms with Crippen molar-refractivity contribution in [2.75, 3.05) is 32.7 Å². The summed E-state index contributed by atoms with van der Waals surface area (Å²) in [5, 5.41) is 2.74. The third-order valence-corrected chi connectivity index (χ3v) is 3.55. The van der Waals surface area contributed by atoms with E-state index in [9.17, 15) is 14.0 Å². The van der Waals surface area contributed by atoms with Crippen molar-refractivity contribution in [2.45, 2.75) is 13.3 Å². The van der Waals surface area contributed by atoms with E-state index in [-0.39, 0.29) is 24.2 Å². The van der Waals surface area contributed by atoms with Crippen LogP contribution in [-0.2, 0) is 11.2 Å². The fourth-order valence-corrected chi connectivity index (χ4v) is 2.34. The lowest BCUT2D eigenvalue weighted by Gasteiger charge is -2.34. The summed E-state index contributed by atoms with van der Waals surface area (Å²) in [6.45, 7) is 4.45. The second-order valence-electron chi connectivity index (χ2n) is 4.97. The molecule has 1 N–H and O–H groups in total. The van der Waals surface area contributed by atoms with E-state index >= 15 is 0 Å². The molecule has 1 aromatic carbocycles. The average Bonchev–Trinajstić information content (AvgIpc) is 2.50. The Kier molecular flexibility index (Phi) is 5.14. The number of nitrogens with zero attached hydrogens (tertiary/aromatic N) is 2. The van der Waals surface area contributed by atoms with Gasteiger partial charge in [0.15, 0.2) is 0 Å². The number of hydrogen-bond donors (Lipinski definition) is 1. The van der Waals surface area contributed by atoms with Crippen LogP contribution in [0.5, 0.6) is 0 Å². The van der Waals surface area contributed by atoms with Crippen molar-refractivity contribution in [2.24, 2.45) is 0 Å². The van der Waals surface area contributed by atoms with E-state index in [1.165, 1.54) is 6.07 Å². The molecule has 1 fully saturated rings. The number of amides is 3. The Morgan fingerprint density at radius 1 is 1.14 bits per heavy atom. The normalized spacial score (nSPS) is 15.0. The van der Waals surface area contributed by atoms with Crippen LogP contribution in [0, 0.1) is 5.82 Å². The molecule has 2 rings (SSSR count). The Bertz CT molecular complexity index is 513. The zero-order valence-corrected chi connectivity index (χ0v) is 12.1. The summed E-state index contributed by atoms with van der Waals surface area (Å²) in [6.07, 6.45) is 0.0633. The first-order chi connectivity index (χ1) is 10.1. The van der Waals surface area contributed by atoms with E-state index in [1.54, 1.807) is 28.0 Å². The highest BCUT2D eigenvalue weighted by atomic mass is 19.1. The van der Waals surface area contributed by atoms with Gasteiger partial charge in [0.1, 0.15) is 5.82 Å². The molecule has 0 unspecified atom stereocenters. The van der Waals surface area contributed by atoms with E-state index in [4.69, 9.17) is 0 Å². The lowest BCUT2D eigenvalue weighted by atomic mass is 10.1. The quantitative estimate of drug-likeness (QED) is 0.911. The molecule has 1 aliphatic heterocycles. The van der Waals surface area contributed by atoms with Crippen LogP contribution in [0.3, 0.4) is 0 Å². The molecule has 1 saturated heterocycles. The molecule has 114 valence electrons. The summed E-state index contributed by atoms with van der Waals surface area (Å²) in [5.41, 5.74) is 0.411. The topological polar surface area (TPSA) is 52.7 Å². The Morgan fingerprint density at radius 3 is 2.38 bits per heavy atom. The number of nitrogens with one attached hydrogen (secondary N) is 1. The first kappa shape index (κ1) is 15.3.